The second-order valence-electron chi connectivity index (χ2n) is 10.3. The molecule has 0 aliphatic carbocycles. The molecule has 3 fully saturated rings. The third kappa shape index (κ3) is 5.63. The maximum absolute atomic E-state index is 13.4. The number of H-pyrrole nitrogens is 1. The van der Waals surface area contributed by atoms with Crippen molar-refractivity contribution in [2.24, 2.45) is 5.11 Å². The van der Waals surface area contributed by atoms with E-state index in [1.165, 1.54) is 10.9 Å². The minimum atomic E-state index is -5.16. The number of aliphatic hydroxyl groups is 1. The predicted octanol–water partition coefficient (Wildman–Crippen LogP) is -1.02. The van der Waals surface area contributed by atoms with E-state index >= 15 is 0 Å². The fraction of sp³-hybridized carbons (Fsp3) is 0.500. The molecule has 4 aromatic rings. The minimum Gasteiger partial charge on any atom is -0.386 e. The SMILES string of the molecule is [N-]=[N+]=NC1C2OP(=O)(O)OC[C@H]3O[C@@H](n4cnc5c(N)ncnc54)C(O)C3OP(=O)(O)OC[C@H]1O[C@H]2n1cnc2c(=O)[nH]c(N)nc21. The number of anilines is 2. The van der Waals surface area contributed by atoms with Crippen molar-refractivity contribution < 1.29 is 51.6 Å². The lowest BCUT2D eigenvalue weighted by atomic mass is 10.1. The van der Waals surface area contributed by atoms with Gasteiger partial charge in [0.05, 0.1) is 38.0 Å². The van der Waals surface area contributed by atoms with Gasteiger partial charge in [-0.2, -0.15) is 4.98 Å². The first-order chi connectivity index (χ1) is 22.4. The maximum Gasteiger partial charge on any atom is 0.472 e. The second kappa shape index (κ2) is 11.6. The number of phosphoric ester groups is 2. The molecule has 27 heteroatoms. The number of nitrogens with one attached hydrogen (secondary N) is 1. The molecule has 3 aliphatic heterocycles. The Bertz CT molecular complexity index is 2070. The van der Waals surface area contributed by atoms with E-state index < -0.39 is 83.4 Å². The van der Waals surface area contributed by atoms with Crippen molar-refractivity contribution in [1.82, 2.24) is 39.0 Å². The molecule has 2 bridgehead atoms. The molecule has 7 rings (SSSR count). The van der Waals surface area contributed by atoms with Crippen molar-refractivity contribution in [2.45, 2.75) is 49.0 Å². The summed E-state index contributed by atoms with van der Waals surface area (Å²) in [5.74, 6) is -0.270. The van der Waals surface area contributed by atoms with E-state index in [0.717, 1.165) is 17.2 Å². The van der Waals surface area contributed by atoms with Crippen molar-refractivity contribution in [3.05, 3.63) is 39.8 Å². The first-order valence-corrected chi connectivity index (χ1v) is 16.3. The molecule has 250 valence electrons. The Morgan fingerprint density at radius 3 is 2.30 bits per heavy atom. The van der Waals surface area contributed by atoms with Gasteiger partial charge in [-0.1, -0.05) is 5.11 Å². The number of aromatic amines is 1. The molecule has 6 unspecified atom stereocenters. The normalized spacial score (nSPS) is 36.3. The smallest absolute Gasteiger partial charge is 0.386 e. The van der Waals surface area contributed by atoms with Crippen molar-refractivity contribution in [1.29, 1.82) is 0 Å². The molecule has 0 radical (unpaired) electrons. The number of hydrogen-bond acceptors (Lipinski definition) is 18. The zero-order chi connectivity index (χ0) is 33.2. The Labute approximate surface area is 259 Å². The Hall–Kier alpha value is -4.09. The van der Waals surface area contributed by atoms with Crippen molar-refractivity contribution in [2.75, 3.05) is 24.7 Å². The van der Waals surface area contributed by atoms with Gasteiger partial charge in [0.1, 0.15) is 36.3 Å². The molecule has 0 saturated carbocycles. The van der Waals surface area contributed by atoms with Crippen LogP contribution in [0.25, 0.3) is 32.8 Å². The van der Waals surface area contributed by atoms with Gasteiger partial charge in [-0.15, -0.1) is 0 Å². The lowest BCUT2D eigenvalue weighted by Gasteiger charge is -2.26. The Balaban J connectivity index is 1.24. The van der Waals surface area contributed by atoms with E-state index in [4.69, 9.17) is 39.0 Å². The molecule has 0 spiro atoms. The Morgan fingerprint density at radius 2 is 1.57 bits per heavy atom. The lowest BCUT2D eigenvalue weighted by molar-refractivity contribution is -0.0670. The highest BCUT2D eigenvalue weighted by Gasteiger charge is 2.54. The quantitative estimate of drug-likeness (QED) is 0.0644. The number of azide groups is 1. The molecular weight excluding hydrogens is 676 g/mol. The van der Waals surface area contributed by atoms with Crippen LogP contribution in [0.1, 0.15) is 12.5 Å². The monoisotopic (exact) mass is 699 g/mol. The third-order valence-electron chi connectivity index (χ3n) is 7.51. The summed E-state index contributed by atoms with van der Waals surface area (Å²) in [6.07, 6.45) is -7.45. The first-order valence-electron chi connectivity index (χ1n) is 13.4. The summed E-state index contributed by atoms with van der Waals surface area (Å²) in [6, 6.07) is -1.50. The summed E-state index contributed by atoms with van der Waals surface area (Å²) in [4.78, 5) is 58.9. The number of fused-ring (bicyclic) bond motifs is 5. The van der Waals surface area contributed by atoms with Gasteiger partial charge >= 0.3 is 15.6 Å². The summed E-state index contributed by atoms with van der Waals surface area (Å²) in [5.41, 5.74) is 20.1. The largest absolute Gasteiger partial charge is 0.472 e. The van der Waals surface area contributed by atoms with Gasteiger partial charge in [-0.3, -0.25) is 37.0 Å². The molecule has 10 atom stereocenters. The molecule has 47 heavy (non-hydrogen) atoms. The van der Waals surface area contributed by atoms with Crippen molar-refractivity contribution in [3.63, 3.8) is 0 Å². The Kier molecular flexibility index (Phi) is 7.75. The van der Waals surface area contributed by atoms with Gasteiger partial charge < -0.3 is 35.8 Å². The lowest BCUT2D eigenvalue weighted by Crippen LogP contribution is -2.36. The van der Waals surface area contributed by atoms with Crippen LogP contribution in [0.5, 0.6) is 0 Å². The molecule has 3 saturated heterocycles. The van der Waals surface area contributed by atoms with E-state index in [2.05, 4.69) is 39.9 Å². The summed E-state index contributed by atoms with van der Waals surface area (Å²) in [6.45, 7) is -1.67. The zero-order valence-corrected chi connectivity index (χ0v) is 25.1. The van der Waals surface area contributed by atoms with Crippen LogP contribution in [0, 0.1) is 0 Å². The molecule has 3 aliphatic rings. The van der Waals surface area contributed by atoms with Gasteiger partial charge in [0, 0.05) is 4.91 Å². The fourth-order valence-corrected chi connectivity index (χ4v) is 7.39. The van der Waals surface area contributed by atoms with Gasteiger partial charge in [0.25, 0.3) is 5.56 Å². The summed E-state index contributed by atoms with van der Waals surface area (Å²) >= 11 is 0. The zero-order valence-electron chi connectivity index (χ0n) is 23.3. The topological polar surface area (TPSA) is 358 Å². The number of aromatic nitrogens is 8. The fourth-order valence-electron chi connectivity index (χ4n) is 5.50. The molecule has 0 amide bonds. The van der Waals surface area contributed by atoms with E-state index in [0.29, 0.717) is 0 Å². The minimum absolute atomic E-state index is 0.0268. The first kappa shape index (κ1) is 31.5. The number of hydrogen-bond donors (Lipinski definition) is 6. The highest BCUT2D eigenvalue weighted by Crippen LogP contribution is 2.54. The van der Waals surface area contributed by atoms with Crippen molar-refractivity contribution in [3.8, 4) is 0 Å². The molecule has 7 heterocycles. The standard InChI is InChI=1S/C20H23N13O12P2/c21-14-9-15(25-3-24-14)32(4-26-9)18-11(34)12-7(43-18)2-41-47(38,39)45-13-8(30-31-23)6(1-40-46(36,37)44-12)42-19(13)33-5-27-10-16(33)28-20(22)29-17(10)35/h3-8,11-13,18-19,34H,1-2H2,(H,36,37)(H,38,39)(H2,21,24,25)(H3,22,28,29,35)/t6-,7-,8?,11?,12?,13?,18-,19-/m1/s1. The summed E-state index contributed by atoms with van der Waals surface area (Å²) in [5, 5.41) is 14.8. The van der Waals surface area contributed by atoms with Crippen LogP contribution >= 0.6 is 15.6 Å². The molecule has 25 nitrogen and oxygen atoms in total. The molecule has 0 aromatic carbocycles. The van der Waals surface area contributed by atoms with Crippen LogP contribution in [-0.2, 0) is 36.7 Å². The van der Waals surface area contributed by atoms with Crippen LogP contribution in [0.3, 0.4) is 0 Å². The number of phosphoric acid groups is 2. The molecule has 8 N–H and O–H groups in total. The van der Waals surface area contributed by atoms with Gasteiger partial charge in [-0.05, 0) is 5.53 Å². The second-order valence-corrected chi connectivity index (χ2v) is 13.2. The number of aliphatic hydroxyl groups excluding tert-OH is 1. The number of nitrogen functional groups attached to an aromatic ring is 2. The Morgan fingerprint density at radius 1 is 0.936 bits per heavy atom. The van der Waals surface area contributed by atoms with Gasteiger partial charge in [0.2, 0.25) is 5.95 Å². The maximum atomic E-state index is 13.4. The van der Waals surface area contributed by atoms with Gasteiger partial charge in [-0.25, -0.2) is 29.1 Å². The molecular formula is C20H23N13O12P2. The highest BCUT2D eigenvalue weighted by atomic mass is 31.2. The van der Waals surface area contributed by atoms with E-state index in [-0.39, 0.29) is 34.1 Å². The number of ether oxygens (including phenoxy) is 2. The van der Waals surface area contributed by atoms with Crippen LogP contribution in [-0.4, -0.2) is 104 Å². The van der Waals surface area contributed by atoms with E-state index in [1.807, 2.05) is 0 Å². The number of nitrogens with zero attached hydrogens (tertiary/aromatic N) is 10. The predicted molar refractivity (Wildman–Crippen MR) is 150 cm³/mol. The van der Waals surface area contributed by atoms with E-state index in [1.54, 1.807) is 0 Å². The van der Waals surface area contributed by atoms with Gasteiger partial charge in [0.15, 0.2) is 35.1 Å². The number of nitrogens with two attached hydrogens (primary N) is 2. The summed E-state index contributed by atoms with van der Waals surface area (Å²) < 4.78 is 61.8. The highest BCUT2D eigenvalue weighted by molar-refractivity contribution is 7.47. The number of rotatable bonds is 3. The van der Waals surface area contributed by atoms with Crippen LogP contribution in [0.2, 0.25) is 0 Å². The van der Waals surface area contributed by atoms with Crippen LogP contribution in [0.15, 0.2) is 28.9 Å². The number of imidazole rings is 2. The van der Waals surface area contributed by atoms with Crippen molar-refractivity contribution >= 4 is 49.7 Å². The average molecular weight is 699 g/mol. The van der Waals surface area contributed by atoms with E-state index in [9.17, 15) is 34.3 Å². The third-order valence-corrected chi connectivity index (χ3v) is 9.48. The summed E-state index contributed by atoms with van der Waals surface area (Å²) in [7, 11) is -10.3. The van der Waals surface area contributed by atoms with Crippen LogP contribution < -0.4 is 17.0 Å². The van der Waals surface area contributed by atoms with Crippen LogP contribution in [0.4, 0.5) is 11.8 Å². The average Bonchev–Trinajstić information content (AvgIpc) is 3.76. The molecule has 4 aromatic heterocycles.